The third kappa shape index (κ3) is 4.08. The average molecular weight is 355 g/mol. The lowest BCUT2D eigenvalue weighted by Crippen LogP contribution is -2.39. The number of benzene rings is 1. The predicted molar refractivity (Wildman–Crippen MR) is 90.4 cm³/mol. The molecule has 7 heteroatoms. The first-order chi connectivity index (χ1) is 11.3. The van der Waals surface area contributed by atoms with E-state index >= 15 is 0 Å². The summed E-state index contributed by atoms with van der Waals surface area (Å²) >= 11 is 0. The van der Waals surface area contributed by atoms with Crippen molar-refractivity contribution in [2.75, 3.05) is 20.3 Å². The molecule has 0 radical (unpaired) electrons. The Hall–Kier alpha value is -1.60. The summed E-state index contributed by atoms with van der Waals surface area (Å²) in [5, 5.41) is 0. The molecular weight excluding hydrogens is 330 g/mol. The molecule has 0 N–H and O–H groups in total. The summed E-state index contributed by atoms with van der Waals surface area (Å²) in [6.07, 6.45) is 1.62. The molecule has 2 rings (SSSR count). The van der Waals surface area contributed by atoms with E-state index in [1.54, 1.807) is 32.0 Å². The van der Waals surface area contributed by atoms with Crippen LogP contribution in [0.3, 0.4) is 0 Å². The van der Waals surface area contributed by atoms with E-state index in [1.807, 2.05) is 6.92 Å². The zero-order valence-corrected chi connectivity index (χ0v) is 15.4. The molecule has 0 aromatic heterocycles. The third-order valence-electron chi connectivity index (χ3n) is 4.00. The van der Waals surface area contributed by atoms with Crippen LogP contribution in [0.25, 0.3) is 0 Å². The van der Waals surface area contributed by atoms with Gasteiger partial charge < -0.3 is 9.47 Å². The Morgan fingerprint density at radius 1 is 1.38 bits per heavy atom. The number of esters is 1. The molecule has 6 nitrogen and oxygen atoms in total. The number of nitrogens with zero attached hydrogens (tertiary/aromatic N) is 1. The molecule has 1 aromatic carbocycles. The van der Waals surface area contributed by atoms with Gasteiger partial charge >= 0.3 is 5.97 Å². The van der Waals surface area contributed by atoms with Gasteiger partial charge in [-0.3, -0.25) is 4.79 Å². The largest absolute Gasteiger partial charge is 0.495 e. The van der Waals surface area contributed by atoms with Gasteiger partial charge in [0.1, 0.15) is 10.6 Å². The van der Waals surface area contributed by atoms with Crippen molar-refractivity contribution < 1.29 is 22.7 Å². The smallest absolute Gasteiger partial charge is 0.309 e. The van der Waals surface area contributed by atoms with Gasteiger partial charge in [0.25, 0.3) is 0 Å². The summed E-state index contributed by atoms with van der Waals surface area (Å²) in [6, 6.07) is 5.01. The second kappa shape index (κ2) is 7.53. The number of carbonyl (C=O) groups is 1. The molecule has 0 amide bonds. The van der Waals surface area contributed by atoms with Crippen LogP contribution in [-0.2, 0) is 19.6 Å². The van der Waals surface area contributed by atoms with Crippen LogP contribution in [0, 0.1) is 12.8 Å². The van der Waals surface area contributed by atoms with Gasteiger partial charge in [-0.1, -0.05) is 13.0 Å². The third-order valence-corrected chi connectivity index (χ3v) is 5.94. The number of methoxy groups -OCH3 is 1. The van der Waals surface area contributed by atoms with Gasteiger partial charge in [0.2, 0.25) is 10.0 Å². The Morgan fingerprint density at radius 2 is 2.04 bits per heavy atom. The van der Waals surface area contributed by atoms with E-state index < -0.39 is 15.9 Å². The summed E-state index contributed by atoms with van der Waals surface area (Å²) in [5.41, 5.74) is 0.837. The maximum atomic E-state index is 13.2. The Bertz CT molecular complexity index is 697. The Balaban J connectivity index is 2.33. The molecule has 1 fully saturated rings. The average Bonchev–Trinajstić information content (AvgIpc) is 3.37. The number of hydrogen-bond acceptors (Lipinski definition) is 5. The fourth-order valence-electron chi connectivity index (χ4n) is 2.55. The molecule has 0 spiro atoms. The van der Waals surface area contributed by atoms with Crippen molar-refractivity contribution >= 4 is 16.0 Å². The number of carbonyl (C=O) groups excluding carboxylic acids is 1. The first-order valence-electron chi connectivity index (χ1n) is 8.14. The van der Waals surface area contributed by atoms with E-state index in [2.05, 4.69) is 0 Å². The van der Waals surface area contributed by atoms with Crippen molar-refractivity contribution in [3.63, 3.8) is 0 Å². The maximum absolute atomic E-state index is 13.2. The van der Waals surface area contributed by atoms with Gasteiger partial charge in [0.05, 0.1) is 19.6 Å². The van der Waals surface area contributed by atoms with Gasteiger partial charge in [-0.15, -0.1) is 0 Å². The summed E-state index contributed by atoms with van der Waals surface area (Å²) in [6.45, 7) is 5.66. The minimum Gasteiger partial charge on any atom is -0.495 e. The molecule has 24 heavy (non-hydrogen) atoms. The lowest BCUT2D eigenvalue weighted by atomic mass is 10.2. The van der Waals surface area contributed by atoms with E-state index in [-0.39, 0.29) is 30.1 Å². The van der Waals surface area contributed by atoms with Crippen molar-refractivity contribution in [1.29, 1.82) is 0 Å². The van der Waals surface area contributed by atoms with Crippen molar-refractivity contribution in [2.24, 2.45) is 5.92 Å². The van der Waals surface area contributed by atoms with Crippen LogP contribution in [0.5, 0.6) is 5.75 Å². The summed E-state index contributed by atoms with van der Waals surface area (Å²) < 4.78 is 38.0. The van der Waals surface area contributed by atoms with Crippen LogP contribution < -0.4 is 4.74 Å². The standard InChI is InChI=1S/C17H25NO5S/c1-5-23-17(19)13(3)11-18(14-7-8-14)24(20,21)16-10-12(2)6-9-15(16)22-4/h6,9-10,13-14H,5,7-8,11H2,1-4H3. The second-order valence-electron chi connectivity index (χ2n) is 6.11. The van der Waals surface area contributed by atoms with Crippen LogP contribution in [0.2, 0.25) is 0 Å². The predicted octanol–water partition coefficient (Wildman–Crippen LogP) is 2.36. The van der Waals surface area contributed by atoms with Gasteiger partial charge in [-0.2, -0.15) is 4.31 Å². The van der Waals surface area contributed by atoms with Gasteiger partial charge in [0.15, 0.2) is 0 Å². The van der Waals surface area contributed by atoms with Gasteiger partial charge in [-0.05, 0) is 44.4 Å². The molecule has 1 saturated carbocycles. The highest BCUT2D eigenvalue weighted by Crippen LogP contribution is 2.36. The Kier molecular flexibility index (Phi) is 5.87. The highest BCUT2D eigenvalue weighted by molar-refractivity contribution is 7.89. The first-order valence-corrected chi connectivity index (χ1v) is 9.58. The molecule has 0 saturated heterocycles. The van der Waals surface area contributed by atoms with Crippen molar-refractivity contribution in [2.45, 2.75) is 44.6 Å². The van der Waals surface area contributed by atoms with E-state index in [1.165, 1.54) is 11.4 Å². The van der Waals surface area contributed by atoms with E-state index in [4.69, 9.17) is 9.47 Å². The fourth-order valence-corrected chi connectivity index (χ4v) is 4.56. The normalized spacial score (nSPS) is 16.0. The number of ether oxygens (including phenoxy) is 2. The van der Waals surface area contributed by atoms with Crippen LogP contribution in [0.4, 0.5) is 0 Å². The quantitative estimate of drug-likeness (QED) is 0.669. The zero-order chi connectivity index (χ0) is 17.9. The van der Waals surface area contributed by atoms with Crippen molar-refractivity contribution in [3.8, 4) is 5.75 Å². The summed E-state index contributed by atoms with van der Waals surface area (Å²) in [7, 11) is -2.30. The minimum atomic E-state index is -3.75. The molecule has 1 atom stereocenters. The maximum Gasteiger partial charge on any atom is 0.309 e. The minimum absolute atomic E-state index is 0.0582. The number of hydrogen-bond donors (Lipinski definition) is 0. The fraction of sp³-hybridized carbons (Fsp3) is 0.588. The van der Waals surface area contributed by atoms with Crippen LogP contribution in [-0.4, -0.2) is 45.0 Å². The molecule has 1 aromatic rings. The topological polar surface area (TPSA) is 72.9 Å². The number of aryl methyl sites for hydroxylation is 1. The van der Waals surface area contributed by atoms with E-state index in [9.17, 15) is 13.2 Å². The van der Waals surface area contributed by atoms with Gasteiger partial charge in [0, 0.05) is 12.6 Å². The molecule has 134 valence electrons. The SMILES string of the molecule is CCOC(=O)C(C)CN(C1CC1)S(=O)(=O)c1cc(C)ccc1OC. The number of rotatable bonds is 8. The second-order valence-corrected chi connectivity index (χ2v) is 7.97. The number of sulfonamides is 1. The molecule has 1 unspecified atom stereocenters. The van der Waals surface area contributed by atoms with Gasteiger partial charge in [-0.25, -0.2) is 8.42 Å². The monoisotopic (exact) mass is 355 g/mol. The van der Waals surface area contributed by atoms with Crippen LogP contribution >= 0.6 is 0 Å². The highest BCUT2D eigenvalue weighted by atomic mass is 32.2. The summed E-state index contributed by atoms with van der Waals surface area (Å²) in [4.78, 5) is 12.0. The lowest BCUT2D eigenvalue weighted by Gasteiger charge is -2.25. The van der Waals surface area contributed by atoms with Crippen LogP contribution in [0.15, 0.2) is 23.1 Å². The molecule has 0 aliphatic heterocycles. The Labute approximate surface area is 143 Å². The molecule has 0 heterocycles. The molecular formula is C17H25NO5S. The highest BCUT2D eigenvalue weighted by Gasteiger charge is 2.41. The Morgan fingerprint density at radius 3 is 2.58 bits per heavy atom. The van der Waals surface area contributed by atoms with E-state index in [0.717, 1.165) is 18.4 Å². The first kappa shape index (κ1) is 18.7. The van der Waals surface area contributed by atoms with Crippen LogP contribution in [0.1, 0.15) is 32.3 Å². The van der Waals surface area contributed by atoms with Crippen molar-refractivity contribution in [1.82, 2.24) is 4.31 Å². The summed E-state index contributed by atoms with van der Waals surface area (Å²) in [5.74, 6) is -0.583. The molecule has 0 bridgehead atoms. The zero-order valence-electron chi connectivity index (χ0n) is 14.6. The molecule has 1 aliphatic carbocycles. The van der Waals surface area contributed by atoms with E-state index in [0.29, 0.717) is 5.75 Å². The van der Waals surface area contributed by atoms with Crippen molar-refractivity contribution in [3.05, 3.63) is 23.8 Å². The molecule has 1 aliphatic rings. The lowest BCUT2D eigenvalue weighted by molar-refractivity contribution is -0.147.